The minimum absolute atomic E-state index is 0.0539. The second-order valence-corrected chi connectivity index (χ2v) is 7.73. The molecule has 32 heavy (non-hydrogen) atoms. The number of aromatic nitrogens is 1. The van der Waals surface area contributed by atoms with E-state index in [1.165, 1.54) is 31.4 Å². The molecular weight excluding hydrogens is 409 g/mol. The molecule has 0 bridgehead atoms. The molecule has 0 amide bonds. The molecule has 1 N–H and O–H groups in total. The number of hydrogen-bond donors (Lipinski definition) is 1. The summed E-state index contributed by atoms with van der Waals surface area (Å²) in [6, 6.07) is 16.6. The molecule has 1 heterocycles. The van der Waals surface area contributed by atoms with E-state index in [1.54, 1.807) is 18.2 Å². The molecule has 0 aliphatic rings. The first-order valence-electron chi connectivity index (χ1n) is 10.8. The van der Waals surface area contributed by atoms with Gasteiger partial charge in [-0.3, -0.25) is 0 Å². The molecule has 0 aliphatic heterocycles. The van der Waals surface area contributed by atoms with Gasteiger partial charge < -0.3 is 5.32 Å². The van der Waals surface area contributed by atoms with E-state index >= 15 is 0 Å². The maximum absolute atomic E-state index is 13.4. The summed E-state index contributed by atoms with van der Waals surface area (Å²) in [5.41, 5.74) is 3.04. The summed E-state index contributed by atoms with van der Waals surface area (Å²) in [4.78, 5) is 4.40. The molecule has 0 radical (unpaired) electrons. The summed E-state index contributed by atoms with van der Waals surface area (Å²) in [5, 5.41) is 3.12. The van der Waals surface area contributed by atoms with E-state index in [-0.39, 0.29) is 11.3 Å². The standard InChI is InChI=1S/C22H19F3N2.C5H12/c1-14-12-20(18-10-6-7-11-19(18)22(23,24)25)27-21(13-14)26-16(3)17-9-5-4-8-15(17)2;1-3-5-4-2/h4-13H,3H2,1-2H3,(H,26,27);3-5H2,1-2H3. The zero-order valence-corrected chi connectivity index (χ0v) is 19.2. The van der Waals surface area contributed by atoms with Gasteiger partial charge in [-0.25, -0.2) is 4.98 Å². The third-order valence-corrected chi connectivity index (χ3v) is 4.93. The molecule has 0 unspecified atom stereocenters. The molecule has 0 atom stereocenters. The SMILES string of the molecule is C=C(Nc1cc(C)cc(-c2ccccc2C(F)(F)F)n1)c1ccccc1C.CCCCC. The van der Waals surface area contributed by atoms with E-state index in [0.29, 0.717) is 11.5 Å². The average molecular weight is 441 g/mol. The highest BCUT2D eigenvalue weighted by atomic mass is 19.4. The first-order chi connectivity index (χ1) is 15.2. The zero-order chi connectivity index (χ0) is 23.7. The largest absolute Gasteiger partial charge is 0.417 e. The first-order valence-corrected chi connectivity index (χ1v) is 10.8. The van der Waals surface area contributed by atoms with Crippen LogP contribution < -0.4 is 5.32 Å². The highest BCUT2D eigenvalue weighted by molar-refractivity contribution is 5.77. The van der Waals surface area contributed by atoms with Crippen molar-refractivity contribution in [2.24, 2.45) is 0 Å². The van der Waals surface area contributed by atoms with Gasteiger partial charge in [0.05, 0.1) is 11.3 Å². The summed E-state index contributed by atoms with van der Waals surface area (Å²) in [6.45, 7) is 12.3. The van der Waals surface area contributed by atoms with Gasteiger partial charge in [-0.05, 0) is 43.2 Å². The van der Waals surface area contributed by atoms with Gasteiger partial charge in [-0.1, -0.05) is 82.2 Å². The lowest BCUT2D eigenvalue weighted by Gasteiger charge is -2.15. The Hall–Kier alpha value is -3.08. The fourth-order valence-electron chi connectivity index (χ4n) is 3.31. The van der Waals surface area contributed by atoms with E-state index in [9.17, 15) is 13.2 Å². The summed E-state index contributed by atoms with van der Waals surface area (Å²) in [5.74, 6) is 0.454. The predicted octanol–water partition coefficient (Wildman–Crippen LogP) is 8.66. The molecule has 2 aromatic carbocycles. The lowest BCUT2D eigenvalue weighted by atomic mass is 10.0. The first kappa shape index (κ1) is 25.2. The van der Waals surface area contributed by atoms with Gasteiger partial charge in [-0.15, -0.1) is 0 Å². The molecule has 0 saturated heterocycles. The predicted molar refractivity (Wildman–Crippen MR) is 128 cm³/mol. The molecule has 170 valence electrons. The summed E-state index contributed by atoms with van der Waals surface area (Å²) in [6.07, 6.45) is -0.368. The maximum Gasteiger partial charge on any atom is 0.417 e. The van der Waals surface area contributed by atoms with Gasteiger partial charge in [0.1, 0.15) is 5.82 Å². The monoisotopic (exact) mass is 440 g/mol. The fourth-order valence-corrected chi connectivity index (χ4v) is 3.31. The van der Waals surface area contributed by atoms with Crippen LogP contribution >= 0.6 is 0 Å². The molecule has 0 spiro atoms. The molecule has 0 fully saturated rings. The summed E-state index contributed by atoms with van der Waals surface area (Å²) in [7, 11) is 0. The molecule has 3 rings (SSSR count). The number of nitrogens with one attached hydrogen (secondary N) is 1. The lowest BCUT2D eigenvalue weighted by molar-refractivity contribution is -0.137. The van der Waals surface area contributed by atoms with Crippen molar-refractivity contribution >= 4 is 11.5 Å². The van der Waals surface area contributed by atoms with Crippen molar-refractivity contribution in [3.63, 3.8) is 0 Å². The van der Waals surface area contributed by atoms with Crippen LogP contribution in [-0.2, 0) is 6.18 Å². The quantitative estimate of drug-likeness (QED) is 0.415. The van der Waals surface area contributed by atoms with Crippen molar-refractivity contribution in [3.05, 3.63) is 89.5 Å². The summed E-state index contributed by atoms with van der Waals surface area (Å²) >= 11 is 0. The number of hydrogen-bond acceptors (Lipinski definition) is 2. The van der Waals surface area contributed by atoms with Gasteiger partial charge in [0.25, 0.3) is 0 Å². The van der Waals surface area contributed by atoms with Crippen LogP contribution in [0, 0.1) is 13.8 Å². The number of unbranched alkanes of at least 4 members (excludes halogenated alkanes) is 2. The van der Waals surface area contributed by atoms with Crippen molar-refractivity contribution < 1.29 is 13.2 Å². The van der Waals surface area contributed by atoms with Crippen LogP contribution in [0.5, 0.6) is 0 Å². The number of nitrogens with zero attached hydrogens (tertiary/aromatic N) is 1. The zero-order valence-electron chi connectivity index (χ0n) is 19.2. The van der Waals surface area contributed by atoms with E-state index in [1.807, 2.05) is 38.1 Å². The Labute approximate surface area is 189 Å². The normalized spacial score (nSPS) is 10.8. The minimum Gasteiger partial charge on any atom is -0.340 e. The molecule has 5 heteroatoms. The Balaban J connectivity index is 0.000000654. The van der Waals surface area contributed by atoms with Gasteiger partial charge in [0.15, 0.2) is 0 Å². The average Bonchev–Trinajstić information content (AvgIpc) is 2.74. The maximum atomic E-state index is 13.4. The van der Waals surface area contributed by atoms with Crippen molar-refractivity contribution in [2.75, 3.05) is 5.32 Å². The van der Waals surface area contributed by atoms with E-state index in [0.717, 1.165) is 22.8 Å². The molecule has 2 nitrogen and oxygen atoms in total. The number of halogens is 3. The number of anilines is 1. The van der Waals surface area contributed by atoms with Crippen LogP contribution in [0.25, 0.3) is 17.0 Å². The Bertz CT molecular complexity index is 1040. The third kappa shape index (κ3) is 6.98. The fraction of sp³-hybridized carbons (Fsp3) is 0.296. The Morgan fingerprint density at radius 1 is 0.938 bits per heavy atom. The van der Waals surface area contributed by atoms with Gasteiger partial charge in [-0.2, -0.15) is 13.2 Å². The second kappa shape index (κ2) is 11.5. The van der Waals surface area contributed by atoms with Crippen LogP contribution in [0.15, 0.2) is 67.2 Å². The number of aryl methyl sites for hydroxylation is 2. The van der Waals surface area contributed by atoms with Crippen molar-refractivity contribution in [2.45, 2.75) is 53.1 Å². The molecular formula is C27H31F3N2. The number of alkyl halides is 3. The highest BCUT2D eigenvalue weighted by Gasteiger charge is 2.33. The minimum atomic E-state index is -4.44. The van der Waals surface area contributed by atoms with Crippen molar-refractivity contribution in [1.29, 1.82) is 0 Å². The van der Waals surface area contributed by atoms with Crippen molar-refractivity contribution in [3.8, 4) is 11.3 Å². The van der Waals surface area contributed by atoms with Gasteiger partial charge in [0.2, 0.25) is 0 Å². The van der Waals surface area contributed by atoms with Crippen molar-refractivity contribution in [1.82, 2.24) is 4.98 Å². The lowest BCUT2D eigenvalue weighted by Crippen LogP contribution is -2.08. The van der Waals surface area contributed by atoms with Crippen LogP contribution in [0.4, 0.5) is 19.0 Å². The Kier molecular flexibility index (Phi) is 9.06. The smallest absolute Gasteiger partial charge is 0.340 e. The molecule has 1 aromatic heterocycles. The van der Waals surface area contributed by atoms with Crippen LogP contribution in [-0.4, -0.2) is 4.98 Å². The number of rotatable bonds is 6. The van der Waals surface area contributed by atoms with Crippen LogP contribution in [0.3, 0.4) is 0 Å². The second-order valence-electron chi connectivity index (χ2n) is 7.73. The Morgan fingerprint density at radius 3 is 2.16 bits per heavy atom. The van der Waals surface area contributed by atoms with Gasteiger partial charge >= 0.3 is 6.18 Å². The van der Waals surface area contributed by atoms with Crippen LogP contribution in [0.2, 0.25) is 0 Å². The topological polar surface area (TPSA) is 24.9 Å². The molecule has 3 aromatic rings. The van der Waals surface area contributed by atoms with E-state index in [4.69, 9.17) is 0 Å². The number of pyridine rings is 1. The summed E-state index contributed by atoms with van der Waals surface area (Å²) < 4.78 is 40.1. The van der Waals surface area contributed by atoms with Gasteiger partial charge in [0, 0.05) is 16.8 Å². The third-order valence-electron chi connectivity index (χ3n) is 4.93. The van der Waals surface area contributed by atoms with E-state index < -0.39 is 11.7 Å². The van der Waals surface area contributed by atoms with Crippen LogP contribution in [0.1, 0.15) is 55.4 Å². The van der Waals surface area contributed by atoms with E-state index in [2.05, 4.69) is 30.7 Å². The highest BCUT2D eigenvalue weighted by Crippen LogP contribution is 2.37. The molecule has 0 aliphatic carbocycles. The molecule has 0 saturated carbocycles. The number of benzene rings is 2. The Morgan fingerprint density at radius 2 is 1.56 bits per heavy atom.